The predicted octanol–water partition coefficient (Wildman–Crippen LogP) is 2.25. The van der Waals surface area contributed by atoms with E-state index in [-0.39, 0.29) is 40.4 Å². The second-order valence-electron chi connectivity index (χ2n) is 3.87. The maximum absolute atomic E-state index is 12.5. The monoisotopic (exact) mass is 354 g/mol. The Kier molecular flexibility index (Phi) is 5.94. The van der Waals surface area contributed by atoms with Gasteiger partial charge in [-0.3, -0.25) is 0 Å². The molecule has 0 radical (unpaired) electrons. The van der Waals surface area contributed by atoms with Crippen LogP contribution in [0.15, 0.2) is 58.3 Å². The molecule has 2 rings (SSSR count). The van der Waals surface area contributed by atoms with Crippen molar-refractivity contribution in [1.29, 1.82) is 0 Å². The van der Waals surface area contributed by atoms with Gasteiger partial charge in [-0.1, -0.05) is 24.3 Å². The molecule has 5 nitrogen and oxygen atoms in total. The Bertz CT molecular complexity index is 655. The van der Waals surface area contributed by atoms with Crippen molar-refractivity contribution in [3.63, 3.8) is 0 Å². The number of carbonyl (C=O) groups is 2. The number of benzene rings is 2. The van der Waals surface area contributed by atoms with E-state index in [0.717, 1.165) is 0 Å². The summed E-state index contributed by atoms with van der Waals surface area (Å²) in [5, 5.41) is 18.2. The van der Waals surface area contributed by atoms with E-state index in [0.29, 0.717) is 0 Å². The minimum atomic E-state index is -1.87. The minimum absolute atomic E-state index is 0. The van der Waals surface area contributed by atoms with Crippen LogP contribution in [0.2, 0.25) is 0 Å². The molecule has 0 spiro atoms. The molecule has 2 aromatic rings. The van der Waals surface area contributed by atoms with Crippen molar-refractivity contribution in [2.75, 3.05) is 0 Å². The number of carboxylic acid groups (broad SMARTS) is 2. The molecule has 0 unspecified atom stereocenters. The van der Waals surface area contributed by atoms with Gasteiger partial charge in [0.1, 0.15) is 0 Å². The fourth-order valence-electron chi connectivity index (χ4n) is 1.73. The fraction of sp³-hybridized carbons (Fsp3) is 0. The molecule has 0 saturated heterocycles. The maximum Gasteiger partial charge on any atom is 0.336 e. The van der Waals surface area contributed by atoms with Crippen molar-refractivity contribution in [3.8, 4) is 0 Å². The summed E-state index contributed by atoms with van der Waals surface area (Å²) in [4.78, 5) is 22.4. The van der Waals surface area contributed by atoms with Crippen LogP contribution >= 0.6 is 0 Å². The summed E-state index contributed by atoms with van der Waals surface area (Å²) in [6.07, 6.45) is 0. The van der Waals surface area contributed by atoms with Gasteiger partial charge in [0, 0.05) is 19.5 Å². The Balaban J connectivity index is 0.00000220. The van der Waals surface area contributed by atoms with Crippen LogP contribution in [-0.4, -0.2) is 26.4 Å². The van der Waals surface area contributed by atoms with Crippen LogP contribution in [0.3, 0.4) is 0 Å². The summed E-state index contributed by atoms with van der Waals surface area (Å²) in [5.74, 6) is -2.41. The molecule has 21 heavy (non-hydrogen) atoms. The van der Waals surface area contributed by atoms with E-state index in [1.807, 2.05) is 0 Å². The van der Waals surface area contributed by atoms with E-state index in [4.69, 9.17) is 10.2 Å². The molecular weight excluding hydrogens is 346 g/mol. The molecular formula is C14H10O5SZn. The molecule has 0 fully saturated rings. The summed E-state index contributed by atoms with van der Waals surface area (Å²) >= 11 is 0. The fourth-order valence-corrected chi connectivity index (χ4v) is 3.08. The first-order valence-electron chi connectivity index (χ1n) is 5.59. The van der Waals surface area contributed by atoms with E-state index in [1.165, 1.54) is 36.4 Å². The number of hydrogen-bond donors (Lipinski definition) is 2. The van der Waals surface area contributed by atoms with Crippen molar-refractivity contribution < 1.29 is 43.5 Å². The summed E-state index contributed by atoms with van der Waals surface area (Å²) in [5.41, 5.74) is -0.211. The predicted molar refractivity (Wildman–Crippen MR) is 71.5 cm³/mol. The van der Waals surface area contributed by atoms with Gasteiger partial charge < -0.3 is 10.2 Å². The van der Waals surface area contributed by atoms with E-state index in [9.17, 15) is 13.8 Å². The molecule has 104 valence electrons. The van der Waals surface area contributed by atoms with Gasteiger partial charge in [-0.25, -0.2) is 13.8 Å². The van der Waals surface area contributed by atoms with Crippen molar-refractivity contribution >= 4 is 22.7 Å². The molecule has 0 amide bonds. The van der Waals surface area contributed by atoms with Gasteiger partial charge in [-0.2, -0.15) is 0 Å². The molecule has 0 saturated carbocycles. The first-order valence-corrected chi connectivity index (χ1v) is 6.73. The molecule has 2 N–H and O–H groups in total. The Morgan fingerprint density at radius 3 is 1.43 bits per heavy atom. The summed E-state index contributed by atoms with van der Waals surface area (Å²) in [7, 11) is -1.87. The van der Waals surface area contributed by atoms with Crippen LogP contribution in [-0.2, 0) is 30.3 Å². The second-order valence-corrected chi connectivity index (χ2v) is 5.29. The topological polar surface area (TPSA) is 91.7 Å². The maximum atomic E-state index is 12.5. The number of rotatable bonds is 4. The molecule has 2 aromatic carbocycles. The van der Waals surface area contributed by atoms with Crippen molar-refractivity contribution in [3.05, 3.63) is 59.7 Å². The standard InChI is InChI=1S/C14H10O5S.Zn/c15-13(16)9-5-1-3-7-11(9)20(19)12-8-4-2-6-10(12)14(17)18;/h1-8H,(H,15,16)(H,17,18);. The zero-order valence-electron chi connectivity index (χ0n) is 10.9. The normalized spacial score (nSPS) is 9.95. The molecule has 0 aromatic heterocycles. The Labute approximate surface area is 135 Å². The summed E-state index contributed by atoms with van der Waals surface area (Å²) in [6.45, 7) is 0. The Hall–Kier alpha value is -1.85. The third-order valence-corrected chi connectivity index (χ3v) is 4.15. The van der Waals surface area contributed by atoms with E-state index < -0.39 is 22.7 Å². The molecule has 0 atom stereocenters. The van der Waals surface area contributed by atoms with Gasteiger partial charge in [0.25, 0.3) is 0 Å². The quantitative estimate of drug-likeness (QED) is 0.821. The smallest absolute Gasteiger partial charge is 0.336 e. The van der Waals surface area contributed by atoms with Gasteiger partial charge >= 0.3 is 11.9 Å². The van der Waals surface area contributed by atoms with Crippen molar-refractivity contribution in [2.24, 2.45) is 0 Å². The molecule has 0 aliphatic rings. The van der Waals surface area contributed by atoms with Gasteiger partial charge in [-0.15, -0.1) is 0 Å². The SMILES string of the molecule is O=C(O)c1ccccc1S(=O)c1ccccc1C(=O)O.[Zn]. The third kappa shape index (κ3) is 3.62. The van der Waals surface area contributed by atoms with Crippen molar-refractivity contribution in [1.82, 2.24) is 0 Å². The van der Waals surface area contributed by atoms with Crippen LogP contribution in [0, 0.1) is 0 Å². The zero-order valence-corrected chi connectivity index (χ0v) is 14.6. The van der Waals surface area contributed by atoms with Gasteiger partial charge in [0.2, 0.25) is 0 Å². The second kappa shape index (κ2) is 7.24. The molecule has 0 bridgehead atoms. The first kappa shape index (κ1) is 17.2. The summed E-state index contributed by atoms with van der Waals surface area (Å²) < 4.78 is 12.5. The number of aromatic carboxylic acids is 2. The average molecular weight is 356 g/mol. The largest absolute Gasteiger partial charge is 0.478 e. The number of carboxylic acids is 2. The van der Waals surface area contributed by atoms with E-state index >= 15 is 0 Å². The van der Waals surface area contributed by atoms with Crippen LogP contribution in [0.1, 0.15) is 20.7 Å². The molecule has 0 heterocycles. The van der Waals surface area contributed by atoms with Gasteiger partial charge in [0.15, 0.2) is 0 Å². The van der Waals surface area contributed by atoms with Crippen molar-refractivity contribution in [2.45, 2.75) is 9.79 Å². The Morgan fingerprint density at radius 1 is 0.762 bits per heavy atom. The van der Waals surface area contributed by atoms with Crippen LogP contribution in [0.5, 0.6) is 0 Å². The Morgan fingerprint density at radius 2 is 1.10 bits per heavy atom. The number of hydrogen-bond acceptors (Lipinski definition) is 3. The molecule has 0 aliphatic carbocycles. The third-order valence-electron chi connectivity index (χ3n) is 2.63. The van der Waals surface area contributed by atoms with Gasteiger partial charge in [-0.05, 0) is 24.3 Å². The first-order chi connectivity index (χ1) is 9.52. The molecule has 7 heteroatoms. The van der Waals surface area contributed by atoms with Crippen LogP contribution < -0.4 is 0 Å². The van der Waals surface area contributed by atoms with E-state index in [1.54, 1.807) is 12.1 Å². The van der Waals surface area contributed by atoms with Crippen LogP contribution in [0.25, 0.3) is 0 Å². The molecule has 0 aliphatic heterocycles. The zero-order chi connectivity index (χ0) is 14.7. The van der Waals surface area contributed by atoms with Gasteiger partial charge in [0.05, 0.1) is 31.7 Å². The minimum Gasteiger partial charge on any atom is -0.478 e. The van der Waals surface area contributed by atoms with Crippen LogP contribution in [0.4, 0.5) is 0 Å². The average Bonchev–Trinajstić information content (AvgIpc) is 2.46. The summed E-state index contributed by atoms with van der Waals surface area (Å²) in [6, 6.07) is 11.7. The van der Waals surface area contributed by atoms with E-state index in [2.05, 4.69) is 0 Å².